The molecule has 1 saturated heterocycles. The van der Waals surface area contributed by atoms with E-state index in [1.807, 2.05) is 30.3 Å². The topological polar surface area (TPSA) is 69.8 Å². The number of nitriles is 1. The molecule has 9 heteroatoms. The van der Waals surface area contributed by atoms with Crippen LogP contribution < -0.4 is 5.32 Å². The third-order valence-corrected chi connectivity index (χ3v) is 6.84. The fourth-order valence-electron chi connectivity index (χ4n) is 5.43. The Kier molecular flexibility index (Phi) is 4.60. The lowest BCUT2D eigenvalue weighted by atomic mass is 9.88. The first-order valence-corrected chi connectivity index (χ1v) is 10.4. The van der Waals surface area contributed by atoms with E-state index in [-0.39, 0.29) is 36.2 Å². The van der Waals surface area contributed by atoms with Gasteiger partial charge in [-0.15, -0.1) is 5.10 Å². The number of fused-ring (bicyclic) bond motifs is 3. The van der Waals surface area contributed by atoms with E-state index in [0.717, 1.165) is 23.1 Å². The highest BCUT2D eigenvalue weighted by molar-refractivity contribution is 5.34. The number of nitrogens with one attached hydrogen (secondary N) is 1. The van der Waals surface area contributed by atoms with Crippen LogP contribution in [0.25, 0.3) is 0 Å². The predicted molar refractivity (Wildman–Crippen MR) is 103 cm³/mol. The Bertz CT molecular complexity index is 936. The van der Waals surface area contributed by atoms with Crippen LogP contribution >= 0.6 is 0 Å². The predicted octanol–water partition coefficient (Wildman–Crippen LogP) is 3.91. The lowest BCUT2D eigenvalue weighted by Gasteiger charge is -2.35. The van der Waals surface area contributed by atoms with Crippen LogP contribution in [0.2, 0.25) is 0 Å². The second kappa shape index (κ2) is 7.18. The van der Waals surface area contributed by atoms with Gasteiger partial charge in [0.25, 0.3) is 0 Å². The smallest absolute Gasteiger partial charge is 0.350 e. The number of alkyl halides is 3. The minimum atomic E-state index is -4.36. The lowest BCUT2D eigenvalue weighted by molar-refractivity contribution is -0.175. The van der Waals surface area contributed by atoms with Gasteiger partial charge in [-0.3, -0.25) is 0 Å². The van der Waals surface area contributed by atoms with Gasteiger partial charge in [0.2, 0.25) is 5.95 Å². The fraction of sp³-hybridized carbons (Fsp3) is 0.571. The fourth-order valence-corrected chi connectivity index (χ4v) is 5.43. The molecule has 5 rings (SSSR count). The summed E-state index contributed by atoms with van der Waals surface area (Å²) in [5.74, 6) is 1.01. The Morgan fingerprint density at radius 3 is 2.37 bits per heavy atom. The van der Waals surface area contributed by atoms with Crippen molar-refractivity contribution in [1.29, 1.82) is 5.26 Å². The largest absolute Gasteiger partial charge is 0.410 e. The molecule has 2 bridgehead atoms. The van der Waals surface area contributed by atoms with Crippen molar-refractivity contribution in [2.45, 2.75) is 49.9 Å². The van der Waals surface area contributed by atoms with Crippen molar-refractivity contribution in [3.8, 4) is 6.19 Å². The molecule has 2 fully saturated rings. The van der Waals surface area contributed by atoms with E-state index in [9.17, 15) is 18.4 Å². The van der Waals surface area contributed by atoms with Crippen LogP contribution in [0.15, 0.2) is 30.3 Å². The van der Waals surface area contributed by atoms with Crippen molar-refractivity contribution < 1.29 is 13.2 Å². The molecule has 158 valence electrons. The summed E-state index contributed by atoms with van der Waals surface area (Å²) in [6.45, 7) is 1.35. The van der Waals surface area contributed by atoms with Crippen molar-refractivity contribution in [3.05, 3.63) is 41.7 Å². The number of hydrogen-bond donors (Lipinski definition) is 1. The first-order chi connectivity index (χ1) is 14.4. The van der Waals surface area contributed by atoms with Crippen molar-refractivity contribution in [2.24, 2.45) is 11.8 Å². The van der Waals surface area contributed by atoms with E-state index >= 15 is 0 Å². The van der Waals surface area contributed by atoms with Crippen LogP contribution in [0, 0.1) is 23.3 Å². The summed E-state index contributed by atoms with van der Waals surface area (Å²) in [4.78, 5) is 6.34. The molecule has 6 nitrogen and oxygen atoms in total. The van der Waals surface area contributed by atoms with Crippen molar-refractivity contribution in [1.82, 2.24) is 19.7 Å². The van der Waals surface area contributed by atoms with Gasteiger partial charge in [-0.05, 0) is 43.1 Å². The van der Waals surface area contributed by atoms with Crippen LogP contribution in [0.4, 0.5) is 19.1 Å². The molecule has 30 heavy (non-hydrogen) atoms. The molecular formula is C21H23F3N6. The molecule has 0 radical (unpaired) electrons. The van der Waals surface area contributed by atoms with Crippen LogP contribution in [0.5, 0.6) is 0 Å². The first kappa shape index (κ1) is 19.2. The maximum Gasteiger partial charge on any atom is 0.410 e. The maximum atomic E-state index is 13.7. The molecule has 3 heterocycles. The van der Waals surface area contributed by atoms with Gasteiger partial charge in [0.05, 0.1) is 0 Å². The Morgan fingerprint density at radius 2 is 1.73 bits per heavy atom. The number of anilines is 1. The summed E-state index contributed by atoms with van der Waals surface area (Å²) < 4.78 is 42.2. The Morgan fingerprint density at radius 1 is 1.03 bits per heavy atom. The zero-order valence-electron chi connectivity index (χ0n) is 16.4. The minimum Gasteiger partial charge on any atom is -0.350 e. The van der Waals surface area contributed by atoms with E-state index in [1.165, 1.54) is 0 Å². The van der Waals surface area contributed by atoms with Gasteiger partial charge in [-0.25, -0.2) is 4.68 Å². The molecule has 1 N–H and O–H groups in total. The average Bonchev–Trinajstić information content (AvgIpc) is 3.24. The quantitative estimate of drug-likeness (QED) is 0.769. The minimum absolute atomic E-state index is 0.00926. The number of hydrogen-bond acceptors (Lipinski definition) is 5. The summed E-state index contributed by atoms with van der Waals surface area (Å²) in [6, 6.07) is 8.00. The van der Waals surface area contributed by atoms with Crippen LogP contribution in [-0.2, 0) is 0 Å². The first-order valence-electron chi connectivity index (χ1n) is 10.4. The summed E-state index contributed by atoms with van der Waals surface area (Å²) in [7, 11) is 0. The SMILES string of the molecule is N#CN1C[C@H]2CC[C@@H](C1)C2Nc1nc2n(n1)C(C(F)(F)F)CCC2c1ccccc1. The van der Waals surface area contributed by atoms with Gasteiger partial charge in [0, 0.05) is 25.0 Å². The molecule has 5 atom stereocenters. The summed E-state index contributed by atoms with van der Waals surface area (Å²) in [6.07, 6.45) is 0.247. The van der Waals surface area contributed by atoms with E-state index in [4.69, 9.17) is 0 Å². The van der Waals surface area contributed by atoms with Gasteiger partial charge in [-0.2, -0.15) is 23.4 Å². The van der Waals surface area contributed by atoms with Crippen LogP contribution in [0.1, 0.15) is 49.0 Å². The highest BCUT2D eigenvalue weighted by atomic mass is 19.4. The molecule has 0 spiro atoms. The third-order valence-electron chi connectivity index (χ3n) is 6.84. The zero-order valence-corrected chi connectivity index (χ0v) is 16.4. The molecule has 1 aromatic heterocycles. The molecular weight excluding hydrogens is 393 g/mol. The highest BCUT2D eigenvalue weighted by Gasteiger charge is 2.47. The number of aromatic nitrogens is 3. The van der Waals surface area contributed by atoms with Gasteiger partial charge in [0.15, 0.2) is 6.19 Å². The Balaban J connectivity index is 1.46. The number of nitrogens with zero attached hydrogens (tertiary/aromatic N) is 5. The van der Waals surface area contributed by atoms with E-state index in [0.29, 0.717) is 25.3 Å². The lowest BCUT2D eigenvalue weighted by Crippen LogP contribution is -2.46. The molecule has 1 aromatic carbocycles. The van der Waals surface area contributed by atoms with Gasteiger partial charge >= 0.3 is 6.18 Å². The maximum absolute atomic E-state index is 13.7. The van der Waals surface area contributed by atoms with Crippen LogP contribution in [-0.4, -0.2) is 45.0 Å². The number of benzene rings is 1. The Hall–Kier alpha value is -2.76. The molecule has 1 saturated carbocycles. The molecule has 0 amide bonds. The molecule has 2 aliphatic heterocycles. The summed E-state index contributed by atoms with van der Waals surface area (Å²) in [5.41, 5.74) is 0.959. The van der Waals surface area contributed by atoms with Crippen molar-refractivity contribution in [3.63, 3.8) is 0 Å². The molecule has 1 aliphatic carbocycles. The summed E-state index contributed by atoms with van der Waals surface area (Å²) >= 11 is 0. The van der Waals surface area contributed by atoms with Gasteiger partial charge in [-0.1, -0.05) is 30.3 Å². The normalized spacial score (nSPS) is 30.6. The Labute approximate surface area is 172 Å². The van der Waals surface area contributed by atoms with E-state index in [1.54, 1.807) is 4.90 Å². The van der Waals surface area contributed by atoms with Gasteiger partial charge < -0.3 is 10.2 Å². The zero-order chi connectivity index (χ0) is 20.9. The highest BCUT2D eigenvalue weighted by Crippen LogP contribution is 2.44. The second-order valence-electron chi connectivity index (χ2n) is 8.61. The average molecular weight is 416 g/mol. The van der Waals surface area contributed by atoms with E-state index in [2.05, 4.69) is 21.6 Å². The molecule has 2 aromatic rings. The van der Waals surface area contributed by atoms with Gasteiger partial charge in [0.1, 0.15) is 11.9 Å². The molecule has 3 unspecified atom stereocenters. The number of likely N-dealkylation sites (tertiary alicyclic amines) is 1. The monoisotopic (exact) mass is 416 g/mol. The van der Waals surface area contributed by atoms with E-state index < -0.39 is 12.2 Å². The molecule has 3 aliphatic rings. The van der Waals surface area contributed by atoms with Crippen molar-refractivity contribution in [2.75, 3.05) is 18.4 Å². The number of rotatable bonds is 3. The standard InChI is InChI=1S/C21H23F3N6/c22-21(23,24)17-9-8-16(13-4-2-1-3-5-13)19-27-20(28-30(17)19)26-18-14-6-7-15(18)11-29(10-14)12-25/h1-5,14-18H,6-11H2,(H,26,28)/t14-,15+,16?,17?,18?. The van der Waals surface area contributed by atoms with Crippen LogP contribution in [0.3, 0.4) is 0 Å². The van der Waals surface area contributed by atoms with Crippen molar-refractivity contribution >= 4 is 5.95 Å². The second-order valence-corrected chi connectivity index (χ2v) is 8.61. The number of halogens is 3. The number of piperidine rings is 1. The third kappa shape index (κ3) is 3.28. The summed E-state index contributed by atoms with van der Waals surface area (Å²) in [5, 5.41) is 16.8.